The monoisotopic (exact) mass is 223 g/mol. The van der Waals surface area contributed by atoms with Gasteiger partial charge in [-0.25, -0.2) is 0 Å². The van der Waals surface area contributed by atoms with Crippen LogP contribution in [0.3, 0.4) is 0 Å². The van der Waals surface area contributed by atoms with E-state index in [1.54, 1.807) is 6.26 Å². The van der Waals surface area contributed by atoms with E-state index in [1.807, 2.05) is 19.1 Å². The molecule has 1 N–H and O–H groups in total. The quantitative estimate of drug-likeness (QED) is 0.852. The number of hydrogen-bond donors (Lipinski definition) is 1. The number of amides is 1. The van der Waals surface area contributed by atoms with Gasteiger partial charge in [0, 0.05) is 18.9 Å². The van der Waals surface area contributed by atoms with Gasteiger partial charge < -0.3 is 9.73 Å². The average Bonchev–Trinajstić information content (AvgIpc) is 2.51. The van der Waals surface area contributed by atoms with E-state index < -0.39 is 0 Å². The zero-order valence-corrected chi connectivity index (χ0v) is 10.5. The number of nitrogens with one attached hydrogen (secondary N) is 1. The van der Waals surface area contributed by atoms with Crippen LogP contribution >= 0.6 is 0 Å². The number of furan rings is 1. The van der Waals surface area contributed by atoms with E-state index in [4.69, 9.17) is 4.42 Å². The van der Waals surface area contributed by atoms with Gasteiger partial charge in [-0.3, -0.25) is 4.79 Å². The predicted molar refractivity (Wildman–Crippen MR) is 64.1 cm³/mol. The Morgan fingerprint density at radius 1 is 1.50 bits per heavy atom. The Morgan fingerprint density at radius 3 is 2.69 bits per heavy atom. The molecule has 3 nitrogen and oxygen atoms in total. The predicted octanol–water partition coefficient (Wildman–Crippen LogP) is 2.76. The first-order valence-electron chi connectivity index (χ1n) is 5.68. The van der Waals surface area contributed by atoms with Crippen LogP contribution in [0.1, 0.15) is 39.9 Å². The maximum Gasteiger partial charge on any atom is 0.220 e. The second-order valence-electron chi connectivity index (χ2n) is 5.49. The van der Waals surface area contributed by atoms with E-state index >= 15 is 0 Å². The molecule has 0 radical (unpaired) electrons. The molecule has 0 bridgehead atoms. The van der Waals surface area contributed by atoms with Crippen molar-refractivity contribution in [3.8, 4) is 0 Å². The second-order valence-corrected chi connectivity index (χ2v) is 5.49. The molecule has 0 aliphatic heterocycles. The van der Waals surface area contributed by atoms with Crippen LogP contribution in [0, 0.1) is 5.41 Å². The summed E-state index contributed by atoms with van der Waals surface area (Å²) in [7, 11) is 0. The summed E-state index contributed by atoms with van der Waals surface area (Å²) in [6.07, 6.45) is 2.94. The SMILES string of the molecule is CC(Cc1ccco1)NC(=O)CC(C)(C)C. The Kier molecular flexibility index (Phi) is 4.16. The first-order chi connectivity index (χ1) is 7.37. The Balaban J connectivity index is 2.34. The highest BCUT2D eigenvalue weighted by Crippen LogP contribution is 2.18. The van der Waals surface area contributed by atoms with Gasteiger partial charge in [-0.05, 0) is 24.5 Å². The summed E-state index contributed by atoms with van der Waals surface area (Å²) in [4.78, 5) is 11.7. The maximum absolute atomic E-state index is 11.7. The molecular formula is C13H21NO2. The topological polar surface area (TPSA) is 42.2 Å². The van der Waals surface area contributed by atoms with Gasteiger partial charge in [-0.15, -0.1) is 0 Å². The Bertz CT molecular complexity index is 322. The largest absolute Gasteiger partial charge is 0.469 e. The number of rotatable bonds is 4. The van der Waals surface area contributed by atoms with Gasteiger partial charge in [-0.2, -0.15) is 0 Å². The van der Waals surface area contributed by atoms with Gasteiger partial charge >= 0.3 is 0 Å². The fourth-order valence-electron chi connectivity index (χ4n) is 1.59. The molecule has 0 aromatic carbocycles. The van der Waals surface area contributed by atoms with E-state index in [1.165, 1.54) is 0 Å². The molecule has 0 fully saturated rings. The van der Waals surface area contributed by atoms with Crippen molar-refractivity contribution in [1.29, 1.82) is 0 Å². The summed E-state index contributed by atoms with van der Waals surface area (Å²) in [5.41, 5.74) is 0.0362. The molecule has 16 heavy (non-hydrogen) atoms. The molecule has 0 aliphatic rings. The van der Waals surface area contributed by atoms with Crippen LogP contribution in [0.2, 0.25) is 0 Å². The molecule has 1 aromatic rings. The lowest BCUT2D eigenvalue weighted by Gasteiger charge is -2.19. The summed E-state index contributed by atoms with van der Waals surface area (Å²) in [5.74, 6) is 1.01. The summed E-state index contributed by atoms with van der Waals surface area (Å²) < 4.78 is 5.24. The average molecular weight is 223 g/mol. The van der Waals surface area contributed by atoms with Gasteiger partial charge in [0.15, 0.2) is 0 Å². The lowest BCUT2D eigenvalue weighted by molar-refractivity contribution is -0.123. The van der Waals surface area contributed by atoms with Crippen LogP contribution in [0.4, 0.5) is 0 Å². The van der Waals surface area contributed by atoms with Crippen LogP contribution in [-0.4, -0.2) is 11.9 Å². The molecule has 90 valence electrons. The molecule has 1 aromatic heterocycles. The minimum Gasteiger partial charge on any atom is -0.469 e. The molecule has 0 saturated carbocycles. The fourth-order valence-corrected chi connectivity index (χ4v) is 1.59. The maximum atomic E-state index is 11.7. The third-order valence-electron chi connectivity index (χ3n) is 2.19. The molecule has 1 heterocycles. The third-order valence-corrected chi connectivity index (χ3v) is 2.19. The van der Waals surface area contributed by atoms with Gasteiger partial charge in [-0.1, -0.05) is 20.8 Å². The summed E-state index contributed by atoms with van der Waals surface area (Å²) in [5, 5.41) is 2.98. The van der Waals surface area contributed by atoms with E-state index in [0.29, 0.717) is 6.42 Å². The lowest BCUT2D eigenvalue weighted by Crippen LogP contribution is -2.35. The highest BCUT2D eigenvalue weighted by Gasteiger charge is 2.17. The molecule has 0 saturated heterocycles. The van der Waals surface area contributed by atoms with Crippen molar-refractivity contribution >= 4 is 5.91 Å². The van der Waals surface area contributed by atoms with Crippen LogP contribution in [0.5, 0.6) is 0 Å². The minimum absolute atomic E-state index is 0.0362. The fraction of sp³-hybridized carbons (Fsp3) is 0.615. The number of carbonyl (C=O) groups is 1. The molecule has 0 aliphatic carbocycles. The molecule has 1 amide bonds. The van der Waals surface area contributed by atoms with Crippen molar-refractivity contribution in [3.05, 3.63) is 24.2 Å². The number of carbonyl (C=O) groups excluding carboxylic acids is 1. The van der Waals surface area contributed by atoms with Crippen molar-refractivity contribution < 1.29 is 9.21 Å². The minimum atomic E-state index is 0.0362. The van der Waals surface area contributed by atoms with Gasteiger partial charge in [0.05, 0.1) is 6.26 Å². The third kappa shape index (κ3) is 5.01. The molecule has 1 unspecified atom stereocenters. The number of hydrogen-bond acceptors (Lipinski definition) is 2. The molecule has 3 heteroatoms. The summed E-state index contributed by atoms with van der Waals surface area (Å²) in [6.45, 7) is 8.17. The van der Waals surface area contributed by atoms with Gasteiger partial charge in [0.25, 0.3) is 0 Å². The van der Waals surface area contributed by atoms with Gasteiger partial charge in [0.1, 0.15) is 5.76 Å². The molecule has 1 atom stereocenters. The van der Waals surface area contributed by atoms with E-state index in [0.717, 1.165) is 12.2 Å². The van der Waals surface area contributed by atoms with Crippen molar-refractivity contribution in [2.75, 3.05) is 0 Å². The first kappa shape index (κ1) is 12.8. The van der Waals surface area contributed by atoms with E-state index in [-0.39, 0.29) is 17.4 Å². The molecular weight excluding hydrogens is 202 g/mol. The van der Waals surface area contributed by atoms with Crippen LogP contribution < -0.4 is 5.32 Å². The van der Waals surface area contributed by atoms with Crippen LogP contribution in [0.15, 0.2) is 22.8 Å². The normalized spacial score (nSPS) is 13.5. The van der Waals surface area contributed by atoms with Crippen LogP contribution in [0.25, 0.3) is 0 Å². The Labute approximate surface area is 97.2 Å². The standard InChI is InChI=1S/C13H21NO2/c1-10(8-11-6-5-7-16-11)14-12(15)9-13(2,3)4/h5-7,10H,8-9H2,1-4H3,(H,14,15). The Hall–Kier alpha value is -1.25. The van der Waals surface area contributed by atoms with Crippen LogP contribution in [-0.2, 0) is 11.2 Å². The summed E-state index contributed by atoms with van der Waals surface area (Å²) >= 11 is 0. The molecule has 1 rings (SSSR count). The second kappa shape index (κ2) is 5.19. The Morgan fingerprint density at radius 2 is 2.19 bits per heavy atom. The molecule has 0 spiro atoms. The van der Waals surface area contributed by atoms with Gasteiger partial charge in [0.2, 0.25) is 5.91 Å². The van der Waals surface area contributed by atoms with Crippen molar-refractivity contribution in [2.24, 2.45) is 5.41 Å². The van der Waals surface area contributed by atoms with Crippen molar-refractivity contribution in [3.63, 3.8) is 0 Å². The zero-order chi connectivity index (χ0) is 12.2. The van der Waals surface area contributed by atoms with Crippen molar-refractivity contribution in [2.45, 2.75) is 46.6 Å². The first-order valence-corrected chi connectivity index (χ1v) is 5.68. The lowest BCUT2D eigenvalue weighted by atomic mass is 9.92. The zero-order valence-electron chi connectivity index (χ0n) is 10.5. The highest BCUT2D eigenvalue weighted by molar-refractivity contribution is 5.76. The van der Waals surface area contributed by atoms with E-state index in [2.05, 4.69) is 26.1 Å². The highest BCUT2D eigenvalue weighted by atomic mass is 16.3. The van der Waals surface area contributed by atoms with E-state index in [9.17, 15) is 4.79 Å². The smallest absolute Gasteiger partial charge is 0.220 e. The summed E-state index contributed by atoms with van der Waals surface area (Å²) in [6, 6.07) is 3.90. The van der Waals surface area contributed by atoms with Crippen molar-refractivity contribution in [1.82, 2.24) is 5.32 Å².